The maximum Gasteiger partial charge on any atom is 0.310 e. The summed E-state index contributed by atoms with van der Waals surface area (Å²) in [7, 11) is 0. The summed E-state index contributed by atoms with van der Waals surface area (Å²) in [5.74, 6) is -3.66. The molecule has 0 aliphatic carbocycles. The van der Waals surface area contributed by atoms with E-state index in [9.17, 15) is 24.6 Å². The number of aryl methyl sites for hydroxylation is 2. The topological polar surface area (TPSA) is 107 Å². The fourth-order valence-electron chi connectivity index (χ4n) is 7.32. The summed E-state index contributed by atoms with van der Waals surface area (Å²) in [5, 5.41) is 20.7. The number of benzene rings is 1. The van der Waals surface area contributed by atoms with Gasteiger partial charge >= 0.3 is 5.97 Å². The van der Waals surface area contributed by atoms with Crippen molar-refractivity contribution in [2.45, 2.75) is 83.6 Å². The van der Waals surface area contributed by atoms with Crippen molar-refractivity contribution in [1.29, 1.82) is 0 Å². The number of fused-ring (bicyclic) bond motifs is 1. The number of rotatable bonds is 10. The Morgan fingerprint density at radius 1 is 1.27 bits per heavy atom. The fraction of sp³-hybridized carbons (Fsp3) is 0.621. The quantitative estimate of drug-likeness (QED) is 0.465. The van der Waals surface area contributed by atoms with Crippen LogP contribution >= 0.6 is 0 Å². The molecular formula is C29H40N2O6. The van der Waals surface area contributed by atoms with E-state index in [2.05, 4.69) is 6.58 Å². The number of hydrogen-bond donors (Lipinski definition) is 2. The molecule has 37 heavy (non-hydrogen) atoms. The van der Waals surface area contributed by atoms with Crippen LogP contribution in [0.2, 0.25) is 0 Å². The van der Waals surface area contributed by atoms with E-state index < -0.39 is 47.0 Å². The summed E-state index contributed by atoms with van der Waals surface area (Å²) in [4.78, 5) is 44.6. The van der Waals surface area contributed by atoms with Crippen molar-refractivity contribution < 1.29 is 29.3 Å². The molecule has 3 fully saturated rings. The van der Waals surface area contributed by atoms with Crippen LogP contribution < -0.4 is 4.90 Å². The van der Waals surface area contributed by atoms with Crippen molar-refractivity contribution in [3.63, 3.8) is 0 Å². The molecule has 1 aromatic rings. The largest absolute Gasteiger partial charge is 0.481 e. The van der Waals surface area contributed by atoms with Gasteiger partial charge in [-0.3, -0.25) is 14.4 Å². The molecule has 0 saturated carbocycles. The first-order valence-electron chi connectivity index (χ1n) is 13.3. The third-order valence-electron chi connectivity index (χ3n) is 8.75. The molecule has 3 heterocycles. The minimum Gasteiger partial charge on any atom is -0.481 e. The molecule has 3 aliphatic rings. The number of hydrogen-bond acceptors (Lipinski definition) is 5. The zero-order valence-corrected chi connectivity index (χ0v) is 22.6. The number of amides is 2. The molecule has 2 unspecified atom stereocenters. The van der Waals surface area contributed by atoms with Gasteiger partial charge in [0.05, 0.1) is 24.2 Å². The molecule has 2 bridgehead atoms. The van der Waals surface area contributed by atoms with E-state index in [1.807, 2.05) is 52.8 Å². The number of ether oxygens (including phenoxy) is 1. The summed E-state index contributed by atoms with van der Waals surface area (Å²) in [6, 6.07) is 4.13. The number of carbonyl (C=O) groups excluding carboxylic acids is 2. The van der Waals surface area contributed by atoms with Crippen LogP contribution in [0.25, 0.3) is 0 Å². The highest BCUT2D eigenvalue weighted by Crippen LogP contribution is 2.64. The highest BCUT2D eigenvalue weighted by molar-refractivity contribution is 6.05. The van der Waals surface area contributed by atoms with Crippen LogP contribution in [-0.2, 0) is 19.1 Å². The number of anilines is 1. The third kappa shape index (κ3) is 4.00. The lowest BCUT2D eigenvalue weighted by atomic mass is 9.65. The summed E-state index contributed by atoms with van der Waals surface area (Å²) < 4.78 is 6.65. The molecule has 0 aromatic heterocycles. The number of carboxylic acids is 1. The van der Waals surface area contributed by atoms with Gasteiger partial charge in [0.15, 0.2) is 0 Å². The van der Waals surface area contributed by atoms with Crippen LogP contribution in [-0.4, -0.2) is 69.3 Å². The molecule has 3 saturated heterocycles. The molecular weight excluding hydrogens is 472 g/mol. The van der Waals surface area contributed by atoms with Gasteiger partial charge in [-0.2, -0.15) is 0 Å². The fourth-order valence-corrected chi connectivity index (χ4v) is 7.32. The first kappa shape index (κ1) is 27.3. The van der Waals surface area contributed by atoms with Gasteiger partial charge in [0.2, 0.25) is 5.91 Å². The normalized spacial score (nSPS) is 31.1. The molecule has 8 nitrogen and oxygen atoms in total. The number of aliphatic carboxylic acids is 1. The number of likely N-dealkylation sites (tertiary alicyclic amines) is 1. The van der Waals surface area contributed by atoms with Gasteiger partial charge in [0.25, 0.3) is 5.91 Å². The summed E-state index contributed by atoms with van der Waals surface area (Å²) in [6.45, 7) is 13.5. The lowest BCUT2D eigenvalue weighted by Crippen LogP contribution is -2.59. The number of carboxylic acid groups (broad SMARTS) is 1. The third-order valence-corrected chi connectivity index (χ3v) is 8.75. The van der Waals surface area contributed by atoms with Gasteiger partial charge in [0.1, 0.15) is 17.6 Å². The molecule has 4 rings (SSSR count). The Labute approximate surface area is 219 Å². The molecule has 6 atom stereocenters. The van der Waals surface area contributed by atoms with Crippen LogP contribution in [0.3, 0.4) is 0 Å². The molecule has 0 radical (unpaired) electrons. The molecule has 8 heteroatoms. The van der Waals surface area contributed by atoms with Crippen LogP contribution in [0, 0.1) is 31.6 Å². The second-order valence-electron chi connectivity index (χ2n) is 11.4. The van der Waals surface area contributed by atoms with E-state index in [-0.39, 0.29) is 25.0 Å². The SMILES string of the molecule is C=CCN(C(=O)C1N([C@@H](CO)CC(C)C)C(=O)[C@@H]2[C@H](C(=O)O)[C@]3(CC)CCC12O3)c1c(C)cccc1C. The van der Waals surface area contributed by atoms with Crippen molar-refractivity contribution in [3.05, 3.63) is 42.0 Å². The average molecular weight is 513 g/mol. The van der Waals surface area contributed by atoms with Gasteiger partial charge in [0, 0.05) is 12.2 Å². The molecule has 2 N–H and O–H groups in total. The first-order chi connectivity index (χ1) is 17.5. The van der Waals surface area contributed by atoms with Gasteiger partial charge < -0.3 is 24.7 Å². The Hall–Kier alpha value is -2.71. The van der Waals surface area contributed by atoms with Crippen molar-refractivity contribution in [3.8, 4) is 0 Å². The maximum atomic E-state index is 14.7. The van der Waals surface area contributed by atoms with Crippen LogP contribution in [0.5, 0.6) is 0 Å². The lowest BCUT2D eigenvalue weighted by Gasteiger charge is -2.40. The maximum absolute atomic E-state index is 14.7. The lowest BCUT2D eigenvalue weighted by molar-refractivity contribution is -0.157. The second kappa shape index (κ2) is 9.87. The minimum absolute atomic E-state index is 0.149. The van der Waals surface area contributed by atoms with E-state index in [0.717, 1.165) is 16.8 Å². The molecule has 1 aromatic carbocycles. The predicted molar refractivity (Wildman–Crippen MR) is 140 cm³/mol. The zero-order valence-electron chi connectivity index (χ0n) is 22.6. The number of para-hydroxylation sites is 1. The van der Waals surface area contributed by atoms with E-state index in [4.69, 9.17) is 4.74 Å². The molecule has 2 amide bonds. The monoisotopic (exact) mass is 512 g/mol. The standard InChI is InChI=1S/C29H40N2O6/c1-7-14-30(23-18(5)10-9-11-19(23)6)26(34)24-29-13-12-28(8-2,37-29)22(27(35)36)21(29)25(33)31(24)20(16-32)15-17(3)4/h7,9-11,17,20-22,24,32H,1,8,12-16H2,2-6H3,(H,35,36)/t20-,21+,22-,24?,28+,29?/m1/s1. The Morgan fingerprint density at radius 2 is 1.92 bits per heavy atom. The highest BCUT2D eigenvalue weighted by atomic mass is 16.5. The zero-order chi connectivity index (χ0) is 27.3. The van der Waals surface area contributed by atoms with Gasteiger partial charge in [-0.05, 0) is 56.6 Å². The van der Waals surface area contributed by atoms with Crippen LogP contribution in [0.1, 0.15) is 57.6 Å². The summed E-state index contributed by atoms with van der Waals surface area (Å²) >= 11 is 0. The smallest absolute Gasteiger partial charge is 0.310 e. The Bertz CT molecular complexity index is 1080. The van der Waals surface area contributed by atoms with Crippen molar-refractivity contribution in [2.24, 2.45) is 17.8 Å². The number of nitrogens with zero attached hydrogens (tertiary/aromatic N) is 2. The van der Waals surface area contributed by atoms with Gasteiger partial charge in [-0.25, -0.2) is 0 Å². The molecule has 202 valence electrons. The van der Waals surface area contributed by atoms with E-state index in [1.165, 1.54) is 4.90 Å². The van der Waals surface area contributed by atoms with Crippen LogP contribution in [0.15, 0.2) is 30.9 Å². The summed E-state index contributed by atoms with van der Waals surface area (Å²) in [6.07, 6.45) is 3.47. The Balaban J connectivity index is 1.91. The first-order valence-corrected chi connectivity index (χ1v) is 13.3. The van der Waals surface area contributed by atoms with Crippen LogP contribution in [0.4, 0.5) is 5.69 Å². The Kier molecular flexibility index (Phi) is 7.29. The Morgan fingerprint density at radius 3 is 2.43 bits per heavy atom. The highest BCUT2D eigenvalue weighted by Gasteiger charge is 2.79. The van der Waals surface area contributed by atoms with Gasteiger partial charge in [-0.1, -0.05) is 45.0 Å². The summed E-state index contributed by atoms with van der Waals surface area (Å²) in [5.41, 5.74) is 0.327. The number of carbonyl (C=O) groups is 3. The minimum atomic E-state index is -1.26. The second-order valence-corrected chi connectivity index (χ2v) is 11.4. The van der Waals surface area contributed by atoms with Gasteiger partial charge in [-0.15, -0.1) is 6.58 Å². The number of aliphatic hydroxyl groups is 1. The predicted octanol–water partition coefficient (Wildman–Crippen LogP) is 3.47. The van der Waals surface area contributed by atoms with E-state index in [1.54, 1.807) is 11.0 Å². The molecule has 1 spiro atoms. The van der Waals surface area contributed by atoms with E-state index >= 15 is 0 Å². The van der Waals surface area contributed by atoms with E-state index in [0.29, 0.717) is 25.7 Å². The average Bonchev–Trinajstić information content (AvgIpc) is 3.45. The van der Waals surface area contributed by atoms with Crippen molar-refractivity contribution >= 4 is 23.5 Å². The molecule has 3 aliphatic heterocycles. The number of aliphatic hydroxyl groups excluding tert-OH is 1. The van der Waals surface area contributed by atoms with Crippen molar-refractivity contribution in [1.82, 2.24) is 4.90 Å². The van der Waals surface area contributed by atoms with Crippen molar-refractivity contribution in [2.75, 3.05) is 18.1 Å².